The van der Waals surface area contributed by atoms with Crippen LogP contribution in [-0.4, -0.2) is 13.1 Å². The molecule has 0 aliphatic carbocycles. The van der Waals surface area contributed by atoms with Crippen LogP contribution in [0.4, 0.5) is 0 Å². The monoisotopic (exact) mass is 269 g/mol. The molecule has 0 aromatic heterocycles. The third-order valence-corrected chi connectivity index (χ3v) is 2.41. The van der Waals surface area contributed by atoms with Gasteiger partial charge in [0.1, 0.15) is 0 Å². The van der Waals surface area contributed by atoms with Crippen LogP contribution in [0.15, 0.2) is 27.8 Å². The van der Waals surface area contributed by atoms with Crippen molar-refractivity contribution in [3.63, 3.8) is 0 Å². The van der Waals surface area contributed by atoms with Crippen molar-refractivity contribution in [1.29, 1.82) is 0 Å². The van der Waals surface area contributed by atoms with Gasteiger partial charge < -0.3 is 4.74 Å². The van der Waals surface area contributed by atoms with Gasteiger partial charge in [-0.2, -0.15) is 0 Å². The van der Waals surface area contributed by atoms with Crippen molar-refractivity contribution >= 4 is 21.9 Å². The smallest absolute Gasteiger partial charge is 0.338 e. The predicted molar refractivity (Wildman–Crippen MR) is 58.3 cm³/mol. The van der Waals surface area contributed by atoms with E-state index >= 15 is 0 Å². The van der Waals surface area contributed by atoms with Crippen molar-refractivity contribution in [3.05, 3.63) is 44.2 Å². The maximum absolute atomic E-state index is 11.2. The number of esters is 1. The normalized spacial score (nSPS) is 9.20. The molecule has 0 radical (unpaired) electrons. The first-order valence-corrected chi connectivity index (χ1v) is 4.86. The lowest BCUT2D eigenvalue weighted by molar-refractivity contribution is 0.0599. The maximum Gasteiger partial charge on any atom is 0.338 e. The zero-order valence-electron chi connectivity index (χ0n) is 7.98. The number of halogens is 1. The van der Waals surface area contributed by atoms with Crippen molar-refractivity contribution in [2.24, 2.45) is 5.11 Å². The summed E-state index contributed by atoms with van der Waals surface area (Å²) in [7, 11) is 1.32. The van der Waals surface area contributed by atoms with Crippen LogP contribution in [0.2, 0.25) is 0 Å². The SMILES string of the molecule is COC(=O)c1ccc(CN=[N+]=[N-])cc1Br. The molecule has 6 heteroatoms. The maximum atomic E-state index is 11.2. The minimum atomic E-state index is -0.405. The van der Waals surface area contributed by atoms with Crippen molar-refractivity contribution in [2.75, 3.05) is 7.11 Å². The van der Waals surface area contributed by atoms with E-state index in [-0.39, 0.29) is 6.54 Å². The van der Waals surface area contributed by atoms with Crippen LogP contribution in [-0.2, 0) is 11.3 Å². The van der Waals surface area contributed by atoms with E-state index in [1.807, 2.05) is 0 Å². The summed E-state index contributed by atoms with van der Waals surface area (Å²) in [5.74, 6) is -0.405. The zero-order chi connectivity index (χ0) is 11.3. The highest BCUT2D eigenvalue weighted by Crippen LogP contribution is 2.19. The lowest BCUT2D eigenvalue weighted by Gasteiger charge is -2.03. The zero-order valence-corrected chi connectivity index (χ0v) is 9.56. The number of ether oxygens (including phenoxy) is 1. The first-order chi connectivity index (χ1) is 7.19. The summed E-state index contributed by atoms with van der Waals surface area (Å²) >= 11 is 3.24. The van der Waals surface area contributed by atoms with Crippen molar-refractivity contribution in [1.82, 2.24) is 0 Å². The molecule has 0 saturated heterocycles. The van der Waals surface area contributed by atoms with Gasteiger partial charge in [0.05, 0.1) is 19.2 Å². The third-order valence-electron chi connectivity index (χ3n) is 1.76. The van der Waals surface area contributed by atoms with Crippen LogP contribution in [0.25, 0.3) is 10.4 Å². The summed E-state index contributed by atoms with van der Waals surface area (Å²) in [6, 6.07) is 5.06. The topological polar surface area (TPSA) is 75.1 Å². The second-order valence-corrected chi connectivity index (χ2v) is 3.55. The number of carbonyl (C=O) groups excluding carboxylic acids is 1. The van der Waals surface area contributed by atoms with Gasteiger partial charge in [-0.05, 0) is 39.2 Å². The van der Waals surface area contributed by atoms with Gasteiger partial charge in [0, 0.05) is 9.38 Å². The third kappa shape index (κ3) is 2.97. The molecule has 0 aliphatic heterocycles. The molecule has 1 aromatic rings. The van der Waals surface area contributed by atoms with Crippen molar-refractivity contribution in [3.8, 4) is 0 Å². The molecular weight excluding hydrogens is 262 g/mol. The molecule has 78 valence electrons. The molecule has 0 aliphatic rings. The second kappa shape index (κ2) is 5.38. The fraction of sp³-hybridized carbons (Fsp3) is 0.222. The number of rotatable bonds is 3. The molecule has 0 bridgehead atoms. The molecule has 15 heavy (non-hydrogen) atoms. The van der Waals surface area contributed by atoms with Gasteiger partial charge in [0.2, 0.25) is 0 Å². The lowest BCUT2D eigenvalue weighted by atomic mass is 10.1. The van der Waals surface area contributed by atoms with Gasteiger partial charge in [-0.25, -0.2) is 4.79 Å². The van der Waals surface area contributed by atoms with E-state index in [2.05, 4.69) is 30.7 Å². The molecule has 0 amide bonds. The highest BCUT2D eigenvalue weighted by Gasteiger charge is 2.09. The Morgan fingerprint density at radius 3 is 2.93 bits per heavy atom. The molecular formula is C9H8BrN3O2. The number of hydrogen-bond donors (Lipinski definition) is 0. The summed E-state index contributed by atoms with van der Waals surface area (Å²) in [5, 5.41) is 3.42. The number of nitrogens with zero attached hydrogens (tertiary/aromatic N) is 3. The highest BCUT2D eigenvalue weighted by molar-refractivity contribution is 9.10. The number of hydrogen-bond acceptors (Lipinski definition) is 3. The van der Waals surface area contributed by atoms with E-state index in [9.17, 15) is 4.79 Å². The van der Waals surface area contributed by atoms with Crippen LogP contribution in [0.5, 0.6) is 0 Å². The quantitative estimate of drug-likeness (QED) is 0.366. The summed E-state index contributed by atoms with van der Waals surface area (Å²) in [6.45, 7) is 0.260. The first kappa shape index (κ1) is 11.6. The van der Waals surface area contributed by atoms with Crippen LogP contribution < -0.4 is 0 Å². The van der Waals surface area contributed by atoms with E-state index in [4.69, 9.17) is 5.53 Å². The van der Waals surface area contributed by atoms with E-state index in [1.54, 1.807) is 18.2 Å². The van der Waals surface area contributed by atoms with Crippen LogP contribution in [0, 0.1) is 0 Å². The van der Waals surface area contributed by atoms with Crippen molar-refractivity contribution < 1.29 is 9.53 Å². The van der Waals surface area contributed by atoms with E-state index in [0.717, 1.165) is 5.56 Å². The predicted octanol–water partition coefficient (Wildman–Crippen LogP) is 3.05. The van der Waals surface area contributed by atoms with Gasteiger partial charge in [-0.1, -0.05) is 11.2 Å². The Labute approximate surface area is 94.8 Å². The molecule has 0 spiro atoms. The second-order valence-electron chi connectivity index (χ2n) is 2.69. The molecule has 0 N–H and O–H groups in total. The summed E-state index contributed by atoms with van der Waals surface area (Å²) in [6.07, 6.45) is 0. The molecule has 0 atom stereocenters. The molecule has 5 nitrogen and oxygen atoms in total. The van der Waals surface area contributed by atoms with E-state index in [1.165, 1.54) is 7.11 Å². The largest absolute Gasteiger partial charge is 0.465 e. The summed E-state index contributed by atoms with van der Waals surface area (Å²) in [4.78, 5) is 13.9. The highest BCUT2D eigenvalue weighted by atomic mass is 79.9. The molecule has 0 saturated carbocycles. The molecule has 1 rings (SSSR count). The standard InChI is InChI=1S/C9H8BrN3O2/c1-15-9(14)7-3-2-6(4-8(7)10)5-12-13-11/h2-4H,5H2,1H3. The number of benzene rings is 1. The minimum absolute atomic E-state index is 0.260. The van der Waals surface area contributed by atoms with Gasteiger partial charge in [0.15, 0.2) is 0 Å². The minimum Gasteiger partial charge on any atom is -0.465 e. The average molecular weight is 270 g/mol. The lowest BCUT2D eigenvalue weighted by Crippen LogP contribution is -2.02. The average Bonchev–Trinajstić information content (AvgIpc) is 2.25. The fourth-order valence-corrected chi connectivity index (χ4v) is 1.63. The number of methoxy groups -OCH3 is 1. The molecule has 0 fully saturated rings. The van der Waals surface area contributed by atoms with Crippen LogP contribution >= 0.6 is 15.9 Å². The number of carbonyl (C=O) groups is 1. The van der Waals surface area contributed by atoms with E-state index < -0.39 is 5.97 Å². The fourth-order valence-electron chi connectivity index (χ4n) is 1.05. The first-order valence-electron chi connectivity index (χ1n) is 4.06. The Hall–Kier alpha value is -1.52. The Morgan fingerprint density at radius 2 is 2.40 bits per heavy atom. The van der Waals surface area contributed by atoms with Gasteiger partial charge in [-0.3, -0.25) is 0 Å². The Morgan fingerprint density at radius 1 is 1.67 bits per heavy atom. The van der Waals surface area contributed by atoms with Gasteiger partial charge >= 0.3 is 5.97 Å². The van der Waals surface area contributed by atoms with Gasteiger partial charge in [-0.15, -0.1) is 0 Å². The Bertz CT molecular complexity index is 427. The molecule has 1 aromatic carbocycles. The Kier molecular flexibility index (Phi) is 4.15. The van der Waals surface area contributed by atoms with Crippen LogP contribution in [0.3, 0.4) is 0 Å². The summed E-state index contributed by atoms with van der Waals surface area (Å²) < 4.78 is 5.21. The summed E-state index contributed by atoms with van der Waals surface area (Å²) in [5.41, 5.74) is 9.42. The van der Waals surface area contributed by atoms with Gasteiger partial charge in [0.25, 0.3) is 0 Å². The van der Waals surface area contributed by atoms with E-state index in [0.29, 0.717) is 10.0 Å². The van der Waals surface area contributed by atoms with Crippen LogP contribution in [0.1, 0.15) is 15.9 Å². The molecule has 0 heterocycles. The number of azide groups is 1. The Balaban J connectivity index is 2.97. The molecule has 0 unspecified atom stereocenters. The van der Waals surface area contributed by atoms with Crippen molar-refractivity contribution in [2.45, 2.75) is 6.54 Å².